The van der Waals surface area contributed by atoms with E-state index in [9.17, 15) is 4.79 Å². The number of aryl methyl sites for hydroxylation is 1. The Balaban J connectivity index is 2.97. The molecular weight excluding hydrogens is 190 g/mol. The topological polar surface area (TPSA) is 49.3 Å². The van der Waals surface area contributed by atoms with Crippen molar-refractivity contribution in [1.82, 2.24) is 0 Å². The van der Waals surface area contributed by atoms with Crippen LogP contribution in [0.4, 0.5) is 5.69 Å². The van der Waals surface area contributed by atoms with Crippen molar-refractivity contribution in [2.75, 3.05) is 5.32 Å². The quantitative estimate of drug-likeness (QED) is 0.800. The van der Waals surface area contributed by atoms with Gasteiger partial charge in [-0.05, 0) is 50.5 Å². The maximum Gasteiger partial charge on any atom is 0.325 e. The minimum absolute atomic E-state index is 0.564. The summed E-state index contributed by atoms with van der Waals surface area (Å²) in [5.74, 6) is -0.840. The molecule has 1 aromatic rings. The lowest BCUT2D eigenvalue weighted by Gasteiger charge is -2.15. The van der Waals surface area contributed by atoms with Crippen molar-refractivity contribution in [3.05, 3.63) is 28.8 Å². The van der Waals surface area contributed by atoms with Gasteiger partial charge in [-0.2, -0.15) is 0 Å². The van der Waals surface area contributed by atoms with Crippen LogP contribution in [0.2, 0.25) is 0 Å². The standard InChI is InChI=1S/C12H17NO2/c1-7-5-6-11(9(3)8(7)2)13-10(4)12(14)15/h5-6,10,13H,1-4H3,(H,14,15)/t10-/m0/s1. The van der Waals surface area contributed by atoms with E-state index in [1.54, 1.807) is 6.92 Å². The number of carboxylic acids is 1. The average molecular weight is 207 g/mol. The summed E-state index contributed by atoms with van der Waals surface area (Å²) in [6, 6.07) is 3.36. The lowest BCUT2D eigenvalue weighted by Crippen LogP contribution is -2.25. The van der Waals surface area contributed by atoms with E-state index in [1.165, 1.54) is 11.1 Å². The molecule has 0 heterocycles. The third-order valence-electron chi connectivity index (χ3n) is 2.80. The molecule has 82 valence electrons. The molecule has 0 aliphatic carbocycles. The van der Waals surface area contributed by atoms with Gasteiger partial charge in [0.2, 0.25) is 0 Å². The van der Waals surface area contributed by atoms with Crippen LogP contribution < -0.4 is 5.32 Å². The van der Waals surface area contributed by atoms with E-state index in [-0.39, 0.29) is 0 Å². The van der Waals surface area contributed by atoms with Crippen molar-refractivity contribution < 1.29 is 9.90 Å². The van der Waals surface area contributed by atoms with Gasteiger partial charge in [-0.1, -0.05) is 6.07 Å². The van der Waals surface area contributed by atoms with Gasteiger partial charge >= 0.3 is 5.97 Å². The van der Waals surface area contributed by atoms with Gasteiger partial charge in [-0.15, -0.1) is 0 Å². The van der Waals surface area contributed by atoms with Crippen LogP contribution in [-0.4, -0.2) is 17.1 Å². The fourth-order valence-electron chi connectivity index (χ4n) is 1.41. The van der Waals surface area contributed by atoms with Crippen molar-refractivity contribution in [1.29, 1.82) is 0 Å². The van der Waals surface area contributed by atoms with E-state index >= 15 is 0 Å². The molecule has 0 aliphatic rings. The first-order valence-electron chi connectivity index (χ1n) is 4.99. The molecule has 1 atom stereocenters. The molecule has 0 amide bonds. The van der Waals surface area contributed by atoms with E-state index in [1.807, 2.05) is 32.9 Å². The van der Waals surface area contributed by atoms with Gasteiger partial charge in [0.25, 0.3) is 0 Å². The van der Waals surface area contributed by atoms with Gasteiger partial charge in [0.15, 0.2) is 0 Å². The molecule has 0 saturated heterocycles. The van der Waals surface area contributed by atoms with Gasteiger partial charge in [0.1, 0.15) is 6.04 Å². The Hall–Kier alpha value is -1.51. The van der Waals surface area contributed by atoms with Gasteiger partial charge in [0.05, 0.1) is 0 Å². The number of nitrogens with one attached hydrogen (secondary N) is 1. The number of hydrogen-bond acceptors (Lipinski definition) is 2. The summed E-state index contributed by atoms with van der Waals surface area (Å²) in [7, 11) is 0. The van der Waals surface area contributed by atoms with Crippen LogP contribution in [0.15, 0.2) is 12.1 Å². The van der Waals surface area contributed by atoms with Crippen LogP contribution in [0.5, 0.6) is 0 Å². The van der Waals surface area contributed by atoms with Crippen LogP contribution in [0, 0.1) is 20.8 Å². The first kappa shape index (κ1) is 11.6. The molecule has 3 heteroatoms. The second-order valence-electron chi connectivity index (χ2n) is 3.88. The smallest absolute Gasteiger partial charge is 0.325 e. The zero-order chi connectivity index (χ0) is 11.6. The molecule has 2 N–H and O–H groups in total. The van der Waals surface area contributed by atoms with Crippen LogP contribution in [0.1, 0.15) is 23.6 Å². The van der Waals surface area contributed by atoms with Crippen molar-refractivity contribution in [2.45, 2.75) is 33.7 Å². The van der Waals surface area contributed by atoms with Gasteiger partial charge in [-0.25, -0.2) is 0 Å². The van der Waals surface area contributed by atoms with Gasteiger partial charge in [-0.3, -0.25) is 4.79 Å². The van der Waals surface area contributed by atoms with Gasteiger partial charge in [0, 0.05) is 5.69 Å². The molecule has 3 nitrogen and oxygen atoms in total. The SMILES string of the molecule is Cc1ccc(N[C@@H](C)C(=O)O)c(C)c1C. The second kappa shape index (κ2) is 4.34. The number of carboxylic acid groups (broad SMARTS) is 1. The molecule has 0 aliphatic heterocycles. The van der Waals surface area contributed by atoms with Crippen LogP contribution in [0.25, 0.3) is 0 Å². The molecule has 15 heavy (non-hydrogen) atoms. The first-order valence-corrected chi connectivity index (χ1v) is 4.99. The number of anilines is 1. The van der Waals surface area contributed by atoms with Crippen molar-refractivity contribution >= 4 is 11.7 Å². The molecule has 1 aromatic carbocycles. The van der Waals surface area contributed by atoms with Crippen molar-refractivity contribution in [3.8, 4) is 0 Å². The summed E-state index contributed by atoms with van der Waals surface area (Å²) >= 11 is 0. The lowest BCUT2D eigenvalue weighted by molar-refractivity contribution is -0.137. The number of aliphatic carboxylic acids is 1. The van der Waals surface area contributed by atoms with Crippen molar-refractivity contribution in [2.24, 2.45) is 0 Å². The molecule has 0 fully saturated rings. The summed E-state index contributed by atoms with van der Waals surface area (Å²) in [5.41, 5.74) is 4.44. The first-order chi connectivity index (χ1) is 6.93. The summed E-state index contributed by atoms with van der Waals surface area (Å²) in [4.78, 5) is 10.7. The highest BCUT2D eigenvalue weighted by atomic mass is 16.4. The normalized spacial score (nSPS) is 12.3. The number of rotatable bonds is 3. The highest BCUT2D eigenvalue weighted by molar-refractivity contribution is 5.77. The van der Waals surface area contributed by atoms with Crippen molar-refractivity contribution in [3.63, 3.8) is 0 Å². The van der Waals surface area contributed by atoms with Gasteiger partial charge < -0.3 is 10.4 Å². The zero-order valence-corrected chi connectivity index (χ0v) is 9.59. The monoisotopic (exact) mass is 207 g/mol. The van der Waals surface area contributed by atoms with Crippen LogP contribution in [0.3, 0.4) is 0 Å². The fraction of sp³-hybridized carbons (Fsp3) is 0.417. The van der Waals surface area contributed by atoms with E-state index in [0.29, 0.717) is 0 Å². The summed E-state index contributed by atoms with van der Waals surface area (Å²) in [6.07, 6.45) is 0. The molecule has 0 unspecified atom stereocenters. The van der Waals surface area contributed by atoms with E-state index in [2.05, 4.69) is 5.32 Å². The minimum atomic E-state index is -0.840. The highest BCUT2D eigenvalue weighted by Gasteiger charge is 2.12. The molecule has 0 radical (unpaired) electrons. The minimum Gasteiger partial charge on any atom is -0.480 e. The number of carbonyl (C=O) groups is 1. The van der Waals surface area contributed by atoms with E-state index in [0.717, 1.165) is 11.3 Å². The molecule has 0 bridgehead atoms. The zero-order valence-electron chi connectivity index (χ0n) is 9.59. The fourth-order valence-corrected chi connectivity index (χ4v) is 1.41. The Bertz CT molecular complexity index is 385. The Kier molecular flexibility index (Phi) is 3.35. The Morgan fingerprint density at radius 1 is 1.27 bits per heavy atom. The maximum absolute atomic E-state index is 10.7. The largest absolute Gasteiger partial charge is 0.480 e. The van der Waals surface area contributed by atoms with Crippen LogP contribution >= 0.6 is 0 Å². The Morgan fingerprint density at radius 2 is 1.87 bits per heavy atom. The molecular formula is C12H17NO2. The third-order valence-corrected chi connectivity index (χ3v) is 2.80. The average Bonchev–Trinajstić information content (AvgIpc) is 2.18. The molecule has 0 saturated carbocycles. The highest BCUT2D eigenvalue weighted by Crippen LogP contribution is 2.22. The number of benzene rings is 1. The van der Waals surface area contributed by atoms with E-state index in [4.69, 9.17) is 5.11 Å². The Labute approximate surface area is 90.1 Å². The van der Waals surface area contributed by atoms with E-state index < -0.39 is 12.0 Å². The third kappa shape index (κ3) is 2.49. The predicted octanol–water partition coefficient (Wildman–Crippen LogP) is 2.50. The molecule has 1 rings (SSSR count). The summed E-state index contributed by atoms with van der Waals surface area (Å²) in [5, 5.41) is 11.8. The summed E-state index contributed by atoms with van der Waals surface area (Å²) < 4.78 is 0. The van der Waals surface area contributed by atoms with Crippen LogP contribution in [-0.2, 0) is 4.79 Å². The maximum atomic E-state index is 10.7. The predicted molar refractivity (Wildman–Crippen MR) is 61.4 cm³/mol. The second-order valence-corrected chi connectivity index (χ2v) is 3.88. The molecule has 0 aromatic heterocycles. The Morgan fingerprint density at radius 3 is 2.40 bits per heavy atom. The number of hydrogen-bond donors (Lipinski definition) is 2. The lowest BCUT2D eigenvalue weighted by atomic mass is 10.0. The molecule has 0 spiro atoms. The summed E-state index contributed by atoms with van der Waals surface area (Å²) in [6.45, 7) is 7.73.